The Kier molecular flexibility index (Phi) is 6.53. The molecule has 0 aliphatic carbocycles. The van der Waals surface area contributed by atoms with Crippen molar-refractivity contribution in [3.05, 3.63) is 35.9 Å². The van der Waals surface area contributed by atoms with E-state index in [4.69, 9.17) is 4.74 Å². The van der Waals surface area contributed by atoms with Gasteiger partial charge in [0.2, 0.25) is 0 Å². The molecule has 106 valence electrons. The highest BCUT2D eigenvalue weighted by atomic mass is 16.5. The first kappa shape index (κ1) is 15.7. The van der Waals surface area contributed by atoms with E-state index in [1.165, 1.54) is 7.11 Å². The van der Waals surface area contributed by atoms with Crippen molar-refractivity contribution in [1.29, 1.82) is 0 Å². The Hall–Kier alpha value is -1.39. The number of carbonyl (C=O) groups is 1. The molecule has 19 heavy (non-hydrogen) atoms. The van der Waals surface area contributed by atoms with Crippen molar-refractivity contribution in [1.82, 2.24) is 9.80 Å². The lowest BCUT2D eigenvalue weighted by Crippen LogP contribution is -2.34. The van der Waals surface area contributed by atoms with Crippen molar-refractivity contribution < 1.29 is 9.53 Å². The first-order valence-corrected chi connectivity index (χ1v) is 6.50. The van der Waals surface area contributed by atoms with Crippen molar-refractivity contribution in [3.8, 4) is 0 Å². The van der Waals surface area contributed by atoms with Crippen molar-refractivity contribution in [2.45, 2.75) is 5.92 Å². The molecule has 0 spiro atoms. The van der Waals surface area contributed by atoms with Crippen LogP contribution in [0.25, 0.3) is 0 Å². The average molecular weight is 264 g/mol. The van der Waals surface area contributed by atoms with Crippen LogP contribution in [0.5, 0.6) is 0 Å². The van der Waals surface area contributed by atoms with Crippen molar-refractivity contribution in [2.75, 3.05) is 47.9 Å². The SMILES string of the molecule is COC(=O)C(CN(C)CCN(C)C)c1ccccc1. The third kappa shape index (κ3) is 5.41. The van der Waals surface area contributed by atoms with Gasteiger partial charge < -0.3 is 14.5 Å². The molecule has 0 radical (unpaired) electrons. The Morgan fingerprint density at radius 3 is 2.32 bits per heavy atom. The molecule has 1 aromatic carbocycles. The quantitative estimate of drug-likeness (QED) is 0.698. The number of carbonyl (C=O) groups excluding carboxylic acids is 1. The summed E-state index contributed by atoms with van der Waals surface area (Å²) in [5.41, 5.74) is 1.01. The van der Waals surface area contributed by atoms with Gasteiger partial charge in [0, 0.05) is 19.6 Å². The summed E-state index contributed by atoms with van der Waals surface area (Å²) in [6.07, 6.45) is 0. The Morgan fingerprint density at radius 2 is 1.79 bits per heavy atom. The summed E-state index contributed by atoms with van der Waals surface area (Å²) < 4.78 is 4.92. The normalized spacial score (nSPS) is 12.7. The molecular formula is C15H24N2O2. The van der Waals surface area contributed by atoms with Crippen molar-refractivity contribution >= 4 is 5.97 Å². The maximum Gasteiger partial charge on any atom is 0.314 e. The zero-order valence-electron chi connectivity index (χ0n) is 12.3. The lowest BCUT2D eigenvalue weighted by atomic mass is 9.99. The van der Waals surface area contributed by atoms with Gasteiger partial charge in [-0.25, -0.2) is 0 Å². The average Bonchev–Trinajstić information content (AvgIpc) is 2.42. The molecule has 0 fully saturated rings. The highest BCUT2D eigenvalue weighted by Crippen LogP contribution is 2.18. The summed E-state index contributed by atoms with van der Waals surface area (Å²) in [5, 5.41) is 0. The van der Waals surface area contributed by atoms with Gasteiger partial charge in [0.1, 0.15) is 0 Å². The minimum Gasteiger partial charge on any atom is -0.469 e. The summed E-state index contributed by atoms with van der Waals surface area (Å²) in [6, 6.07) is 9.80. The predicted octanol–water partition coefficient (Wildman–Crippen LogP) is 1.44. The summed E-state index contributed by atoms with van der Waals surface area (Å²) in [6.45, 7) is 2.57. The highest BCUT2D eigenvalue weighted by Gasteiger charge is 2.22. The van der Waals surface area contributed by atoms with Crippen LogP contribution < -0.4 is 0 Å². The molecule has 1 rings (SSSR count). The van der Waals surface area contributed by atoms with Gasteiger partial charge in [0.15, 0.2) is 0 Å². The number of ether oxygens (including phenoxy) is 1. The monoisotopic (exact) mass is 264 g/mol. The van der Waals surface area contributed by atoms with Crippen LogP contribution in [0.1, 0.15) is 11.5 Å². The second-order valence-electron chi connectivity index (χ2n) is 5.05. The van der Waals surface area contributed by atoms with Crippen LogP contribution in [0, 0.1) is 0 Å². The maximum atomic E-state index is 11.9. The molecule has 4 heteroatoms. The lowest BCUT2D eigenvalue weighted by molar-refractivity contribution is -0.142. The van der Waals surface area contributed by atoms with Gasteiger partial charge in [0.25, 0.3) is 0 Å². The number of hydrogen-bond acceptors (Lipinski definition) is 4. The van der Waals surface area contributed by atoms with Crippen LogP contribution in [0.2, 0.25) is 0 Å². The molecule has 4 nitrogen and oxygen atoms in total. The van der Waals surface area contributed by atoms with E-state index in [1.54, 1.807) is 0 Å². The summed E-state index contributed by atoms with van der Waals surface area (Å²) in [5.74, 6) is -0.402. The third-order valence-electron chi connectivity index (χ3n) is 3.11. The molecule has 0 aliphatic rings. The van der Waals surface area contributed by atoms with Gasteiger partial charge in [0.05, 0.1) is 13.0 Å². The van der Waals surface area contributed by atoms with Gasteiger partial charge in [-0.1, -0.05) is 30.3 Å². The summed E-state index contributed by atoms with van der Waals surface area (Å²) >= 11 is 0. The fourth-order valence-corrected chi connectivity index (χ4v) is 1.92. The molecule has 1 atom stereocenters. The Morgan fingerprint density at radius 1 is 1.16 bits per heavy atom. The van der Waals surface area contributed by atoms with Crippen LogP contribution >= 0.6 is 0 Å². The molecule has 0 N–H and O–H groups in total. The van der Waals surface area contributed by atoms with Gasteiger partial charge in [-0.2, -0.15) is 0 Å². The van der Waals surface area contributed by atoms with Crippen LogP contribution in [0.15, 0.2) is 30.3 Å². The molecule has 0 aliphatic heterocycles. The molecule has 0 aromatic heterocycles. The van der Waals surface area contributed by atoms with Gasteiger partial charge in [-0.05, 0) is 26.7 Å². The van der Waals surface area contributed by atoms with E-state index in [0.29, 0.717) is 6.54 Å². The Bertz CT molecular complexity index is 379. The second kappa shape index (κ2) is 7.92. The van der Waals surface area contributed by atoms with E-state index >= 15 is 0 Å². The number of hydrogen-bond donors (Lipinski definition) is 0. The van der Waals surface area contributed by atoms with E-state index in [-0.39, 0.29) is 11.9 Å². The largest absolute Gasteiger partial charge is 0.469 e. The molecular weight excluding hydrogens is 240 g/mol. The van der Waals surface area contributed by atoms with Crippen LogP contribution in [0.3, 0.4) is 0 Å². The van der Waals surface area contributed by atoms with E-state index in [1.807, 2.05) is 51.5 Å². The first-order valence-electron chi connectivity index (χ1n) is 6.50. The fourth-order valence-electron chi connectivity index (χ4n) is 1.92. The number of methoxy groups -OCH3 is 1. The van der Waals surface area contributed by atoms with Gasteiger partial charge >= 0.3 is 5.97 Å². The van der Waals surface area contributed by atoms with Crippen molar-refractivity contribution in [2.24, 2.45) is 0 Å². The summed E-state index contributed by atoms with van der Waals surface area (Å²) in [4.78, 5) is 16.2. The molecule has 0 amide bonds. The maximum absolute atomic E-state index is 11.9. The second-order valence-corrected chi connectivity index (χ2v) is 5.05. The van der Waals surface area contributed by atoms with Crippen LogP contribution in [-0.4, -0.2) is 63.7 Å². The number of benzene rings is 1. The molecule has 0 saturated carbocycles. The molecule has 0 bridgehead atoms. The van der Waals surface area contributed by atoms with E-state index in [2.05, 4.69) is 9.80 Å². The molecule has 0 heterocycles. The minimum absolute atomic E-state index is 0.178. The van der Waals surface area contributed by atoms with Crippen molar-refractivity contribution in [3.63, 3.8) is 0 Å². The predicted molar refractivity (Wildman–Crippen MR) is 77.3 cm³/mol. The van der Waals surface area contributed by atoms with Gasteiger partial charge in [-0.15, -0.1) is 0 Å². The Labute approximate surface area is 116 Å². The van der Waals surface area contributed by atoms with E-state index < -0.39 is 0 Å². The highest BCUT2D eigenvalue weighted by molar-refractivity contribution is 5.78. The first-order chi connectivity index (χ1) is 9.04. The fraction of sp³-hybridized carbons (Fsp3) is 0.533. The summed E-state index contributed by atoms with van der Waals surface area (Å²) in [7, 11) is 7.56. The third-order valence-corrected chi connectivity index (χ3v) is 3.11. The number of likely N-dealkylation sites (N-methyl/N-ethyl adjacent to an activating group) is 2. The Balaban J connectivity index is 2.68. The topological polar surface area (TPSA) is 32.8 Å². The number of esters is 1. The van der Waals surface area contributed by atoms with E-state index in [9.17, 15) is 4.79 Å². The molecule has 1 unspecified atom stereocenters. The smallest absolute Gasteiger partial charge is 0.314 e. The zero-order chi connectivity index (χ0) is 14.3. The molecule has 0 saturated heterocycles. The molecule has 1 aromatic rings. The van der Waals surface area contributed by atoms with Gasteiger partial charge in [-0.3, -0.25) is 4.79 Å². The van der Waals surface area contributed by atoms with Crippen LogP contribution in [-0.2, 0) is 9.53 Å². The van der Waals surface area contributed by atoms with Crippen LogP contribution in [0.4, 0.5) is 0 Å². The van der Waals surface area contributed by atoms with E-state index in [0.717, 1.165) is 18.7 Å². The number of nitrogens with zero attached hydrogens (tertiary/aromatic N) is 2. The lowest BCUT2D eigenvalue weighted by Gasteiger charge is -2.24. The minimum atomic E-state index is -0.224. The standard InChI is InChI=1S/C15H24N2O2/c1-16(2)10-11-17(3)12-14(15(18)19-4)13-8-6-5-7-9-13/h5-9,14H,10-12H2,1-4H3. The number of rotatable bonds is 7. The zero-order valence-corrected chi connectivity index (χ0v) is 12.3.